The Morgan fingerprint density at radius 2 is 1.65 bits per heavy atom. The molecule has 2 N–H and O–H groups in total. The van der Waals surface area contributed by atoms with Gasteiger partial charge in [0.15, 0.2) is 0 Å². The van der Waals surface area contributed by atoms with E-state index >= 15 is 0 Å². The van der Waals surface area contributed by atoms with Gasteiger partial charge in [0.25, 0.3) is 0 Å². The van der Waals surface area contributed by atoms with E-state index < -0.39 is 0 Å². The summed E-state index contributed by atoms with van der Waals surface area (Å²) in [6.07, 6.45) is 11.8. The van der Waals surface area contributed by atoms with Crippen LogP contribution in [0.2, 0.25) is 0 Å². The predicted molar refractivity (Wildman–Crippen MR) is 88.0 cm³/mol. The summed E-state index contributed by atoms with van der Waals surface area (Å²) >= 11 is 0. The smallest absolute Gasteiger partial charge is 0.00965 e. The van der Waals surface area contributed by atoms with Gasteiger partial charge in [-0.2, -0.15) is 0 Å². The number of nitrogens with one attached hydrogen (secondary N) is 2. The van der Waals surface area contributed by atoms with E-state index in [-0.39, 0.29) is 5.54 Å². The molecule has 3 unspecified atom stereocenters. The first-order valence-electron chi connectivity index (χ1n) is 9.00. The van der Waals surface area contributed by atoms with Gasteiger partial charge in [-0.3, -0.25) is 0 Å². The van der Waals surface area contributed by atoms with Crippen LogP contribution in [0.5, 0.6) is 0 Å². The molecule has 0 heterocycles. The van der Waals surface area contributed by atoms with Crippen LogP contribution >= 0.6 is 0 Å². The van der Waals surface area contributed by atoms with Crippen molar-refractivity contribution in [2.45, 2.75) is 77.7 Å². The third-order valence-electron chi connectivity index (χ3n) is 5.27. The van der Waals surface area contributed by atoms with Crippen LogP contribution in [-0.4, -0.2) is 25.2 Å². The lowest BCUT2D eigenvalue weighted by molar-refractivity contribution is 0.129. The summed E-state index contributed by atoms with van der Waals surface area (Å²) < 4.78 is 0. The molecule has 0 aromatic heterocycles. The highest BCUT2D eigenvalue weighted by Gasteiger charge is 2.31. The van der Waals surface area contributed by atoms with Gasteiger partial charge in [-0.15, -0.1) is 0 Å². The van der Waals surface area contributed by atoms with Crippen molar-refractivity contribution in [2.24, 2.45) is 17.8 Å². The standard InChI is InChI=1S/C18H36N2/c1-18(2,3)20-12-6-11-19-14-15-9-10-16-7-4-5-8-17(16)13-15/h15-17,19-20H,4-14H2,1-3H3. The Hall–Kier alpha value is -0.0800. The van der Waals surface area contributed by atoms with Gasteiger partial charge in [-0.1, -0.05) is 25.7 Å². The van der Waals surface area contributed by atoms with E-state index in [0.29, 0.717) is 0 Å². The molecule has 0 spiro atoms. The molecule has 20 heavy (non-hydrogen) atoms. The minimum atomic E-state index is 0.263. The minimum absolute atomic E-state index is 0.263. The summed E-state index contributed by atoms with van der Waals surface area (Å²) in [6, 6.07) is 0. The van der Waals surface area contributed by atoms with Crippen molar-refractivity contribution < 1.29 is 0 Å². The van der Waals surface area contributed by atoms with Gasteiger partial charge in [0.2, 0.25) is 0 Å². The monoisotopic (exact) mass is 280 g/mol. The highest BCUT2D eigenvalue weighted by molar-refractivity contribution is 4.83. The molecule has 0 amide bonds. The van der Waals surface area contributed by atoms with Crippen molar-refractivity contribution in [1.82, 2.24) is 10.6 Å². The van der Waals surface area contributed by atoms with Gasteiger partial charge >= 0.3 is 0 Å². The van der Waals surface area contributed by atoms with Crippen LogP contribution in [-0.2, 0) is 0 Å². The Bertz CT molecular complexity index is 269. The molecule has 2 aliphatic carbocycles. The average molecular weight is 280 g/mol. The first-order valence-corrected chi connectivity index (χ1v) is 9.00. The van der Waals surface area contributed by atoms with Gasteiger partial charge in [-0.05, 0) is 83.8 Å². The molecule has 2 nitrogen and oxygen atoms in total. The molecule has 0 radical (unpaired) electrons. The van der Waals surface area contributed by atoms with Crippen molar-refractivity contribution in [3.63, 3.8) is 0 Å². The molecule has 0 aromatic rings. The van der Waals surface area contributed by atoms with E-state index in [1.54, 1.807) is 0 Å². The molecule has 2 heteroatoms. The van der Waals surface area contributed by atoms with Gasteiger partial charge < -0.3 is 10.6 Å². The molecule has 0 saturated heterocycles. The molecule has 0 aromatic carbocycles. The highest BCUT2D eigenvalue weighted by Crippen LogP contribution is 2.42. The summed E-state index contributed by atoms with van der Waals surface area (Å²) in [6.45, 7) is 10.3. The topological polar surface area (TPSA) is 24.1 Å². The molecular weight excluding hydrogens is 244 g/mol. The summed E-state index contributed by atoms with van der Waals surface area (Å²) in [5.74, 6) is 3.13. The van der Waals surface area contributed by atoms with E-state index in [1.807, 2.05) is 0 Å². The molecule has 0 bridgehead atoms. The van der Waals surface area contributed by atoms with Gasteiger partial charge in [-0.25, -0.2) is 0 Å². The van der Waals surface area contributed by atoms with E-state index in [4.69, 9.17) is 0 Å². The van der Waals surface area contributed by atoms with Gasteiger partial charge in [0.1, 0.15) is 0 Å². The zero-order valence-corrected chi connectivity index (χ0v) is 14.0. The van der Waals surface area contributed by atoms with Gasteiger partial charge in [0.05, 0.1) is 0 Å². The number of fused-ring (bicyclic) bond motifs is 1. The van der Waals surface area contributed by atoms with Crippen LogP contribution in [0.4, 0.5) is 0 Å². The molecule has 2 saturated carbocycles. The summed E-state index contributed by atoms with van der Waals surface area (Å²) in [7, 11) is 0. The molecular formula is C18H36N2. The van der Waals surface area contributed by atoms with E-state index in [1.165, 1.54) is 64.5 Å². The molecule has 2 rings (SSSR count). The van der Waals surface area contributed by atoms with E-state index in [0.717, 1.165) is 24.3 Å². The summed E-state index contributed by atoms with van der Waals surface area (Å²) in [5.41, 5.74) is 0.263. The maximum Gasteiger partial charge on any atom is 0.00965 e. The highest BCUT2D eigenvalue weighted by atomic mass is 14.9. The Kier molecular flexibility index (Phi) is 6.35. The molecule has 118 valence electrons. The lowest BCUT2D eigenvalue weighted by Crippen LogP contribution is -2.38. The van der Waals surface area contributed by atoms with Crippen molar-refractivity contribution in [2.75, 3.05) is 19.6 Å². The Labute approximate surface area is 126 Å². The SMILES string of the molecule is CC(C)(C)NCCCNCC1CCC2CCCCC2C1. The predicted octanol–water partition coefficient (Wildman–Crippen LogP) is 3.96. The van der Waals surface area contributed by atoms with Gasteiger partial charge in [0, 0.05) is 5.54 Å². The second-order valence-electron chi connectivity index (χ2n) is 8.22. The first-order chi connectivity index (χ1) is 9.54. The molecule has 2 aliphatic rings. The lowest BCUT2D eigenvalue weighted by Gasteiger charge is -2.39. The lowest BCUT2D eigenvalue weighted by atomic mass is 9.67. The maximum absolute atomic E-state index is 3.70. The Morgan fingerprint density at radius 1 is 0.900 bits per heavy atom. The van der Waals surface area contributed by atoms with Crippen LogP contribution in [0.15, 0.2) is 0 Å². The molecule has 2 fully saturated rings. The number of rotatable bonds is 6. The zero-order valence-electron chi connectivity index (χ0n) is 14.0. The average Bonchev–Trinajstić information content (AvgIpc) is 2.41. The normalized spacial score (nSPS) is 31.1. The fraction of sp³-hybridized carbons (Fsp3) is 1.00. The second-order valence-corrected chi connectivity index (χ2v) is 8.22. The second kappa shape index (κ2) is 7.79. The minimum Gasteiger partial charge on any atom is -0.316 e. The number of hydrogen-bond donors (Lipinski definition) is 2. The number of hydrogen-bond acceptors (Lipinski definition) is 2. The van der Waals surface area contributed by atoms with Crippen LogP contribution in [0.25, 0.3) is 0 Å². The molecule has 0 aliphatic heterocycles. The van der Waals surface area contributed by atoms with E-state index in [9.17, 15) is 0 Å². The van der Waals surface area contributed by atoms with Crippen molar-refractivity contribution in [3.8, 4) is 0 Å². The Morgan fingerprint density at radius 3 is 2.40 bits per heavy atom. The molecule has 3 atom stereocenters. The van der Waals surface area contributed by atoms with Crippen molar-refractivity contribution >= 4 is 0 Å². The van der Waals surface area contributed by atoms with Crippen molar-refractivity contribution in [3.05, 3.63) is 0 Å². The van der Waals surface area contributed by atoms with Crippen LogP contribution in [0.3, 0.4) is 0 Å². The van der Waals surface area contributed by atoms with Crippen LogP contribution < -0.4 is 10.6 Å². The summed E-state index contributed by atoms with van der Waals surface area (Å²) in [4.78, 5) is 0. The zero-order chi connectivity index (χ0) is 14.4. The fourth-order valence-electron chi connectivity index (χ4n) is 4.14. The third kappa shape index (κ3) is 5.73. The maximum atomic E-state index is 3.70. The fourth-order valence-corrected chi connectivity index (χ4v) is 4.14. The third-order valence-corrected chi connectivity index (χ3v) is 5.27. The first kappa shape index (κ1) is 16.3. The quantitative estimate of drug-likeness (QED) is 0.720. The van der Waals surface area contributed by atoms with E-state index in [2.05, 4.69) is 31.4 Å². The summed E-state index contributed by atoms with van der Waals surface area (Å²) in [5, 5.41) is 7.25. The largest absolute Gasteiger partial charge is 0.316 e. The van der Waals surface area contributed by atoms with Crippen LogP contribution in [0.1, 0.15) is 72.1 Å². The van der Waals surface area contributed by atoms with Crippen LogP contribution in [0, 0.1) is 17.8 Å². The Balaban J connectivity index is 1.52. The van der Waals surface area contributed by atoms with Crippen molar-refractivity contribution in [1.29, 1.82) is 0 Å².